The molecule has 0 aliphatic heterocycles. The maximum atomic E-state index is 9.52. The second kappa shape index (κ2) is 4.94. The number of ether oxygens (including phenoxy) is 1. The van der Waals surface area contributed by atoms with Gasteiger partial charge in [-0.15, -0.1) is 5.10 Å². The van der Waals surface area contributed by atoms with E-state index in [1.807, 2.05) is 11.6 Å². The molecule has 18 heavy (non-hydrogen) atoms. The molecule has 0 aliphatic carbocycles. The van der Waals surface area contributed by atoms with Gasteiger partial charge in [0.15, 0.2) is 0 Å². The van der Waals surface area contributed by atoms with Gasteiger partial charge in [0.05, 0.1) is 18.7 Å². The van der Waals surface area contributed by atoms with Crippen molar-refractivity contribution in [1.29, 1.82) is 0 Å². The topological polar surface area (TPSA) is 60.2 Å². The van der Waals surface area contributed by atoms with Crippen LogP contribution >= 0.6 is 0 Å². The molecule has 1 aromatic carbocycles. The largest absolute Gasteiger partial charge is 0.508 e. The Balaban J connectivity index is 2.23. The van der Waals surface area contributed by atoms with E-state index in [1.54, 1.807) is 18.2 Å². The predicted octanol–water partition coefficient (Wildman–Crippen LogP) is 2.20. The number of nitrogens with zero attached hydrogens (tertiary/aromatic N) is 3. The quantitative estimate of drug-likeness (QED) is 0.882. The smallest absolute Gasteiger partial charge is 0.117 e. The summed E-state index contributed by atoms with van der Waals surface area (Å²) in [5.74, 6) is 0.230. The number of benzene rings is 1. The first-order valence-electron chi connectivity index (χ1n) is 6.12. The van der Waals surface area contributed by atoms with E-state index in [1.165, 1.54) is 0 Å². The summed E-state index contributed by atoms with van der Waals surface area (Å²) in [6, 6.07) is 5.07. The van der Waals surface area contributed by atoms with Gasteiger partial charge in [0.25, 0.3) is 0 Å². The predicted molar refractivity (Wildman–Crippen MR) is 69.5 cm³/mol. The lowest BCUT2D eigenvalue weighted by atomic mass is 9.95. The Hall–Kier alpha value is -1.62. The normalized spacial score (nSPS) is 12.2. The standard InChI is InChI=1S/C13H19N3O2/c1-4-18-9-13(2,3)8-16-12-7-10(17)5-6-11(12)14-15-16/h5-7,17H,4,8-9H2,1-3H3. The summed E-state index contributed by atoms with van der Waals surface area (Å²) in [6.45, 7) is 8.32. The summed E-state index contributed by atoms with van der Waals surface area (Å²) < 4.78 is 7.29. The van der Waals surface area contributed by atoms with Gasteiger partial charge in [-0.1, -0.05) is 19.1 Å². The molecule has 0 saturated heterocycles. The van der Waals surface area contributed by atoms with Crippen LogP contribution in [0.1, 0.15) is 20.8 Å². The van der Waals surface area contributed by atoms with Crippen LogP contribution < -0.4 is 0 Å². The third kappa shape index (κ3) is 2.79. The van der Waals surface area contributed by atoms with Gasteiger partial charge < -0.3 is 9.84 Å². The number of aromatic hydroxyl groups is 1. The number of rotatable bonds is 5. The highest BCUT2D eigenvalue weighted by atomic mass is 16.5. The van der Waals surface area contributed by atoms with E-state index >= 15 is 0 Å². The fourth-order valence-electron chi connectivity index (χ4n) is 1.90. The van der Waals surface area contributed by atoms with Crippen LogP contribution in [0.15, 0.2) is 18.2 Å². The van der Waals surface area contributed by atoms with Crippen molar-refractivity contribution in [3.8, 4) is 5.75 Å². The van der Waals surface area contributed by atoms with Crippen LogP contribution in [0.4, 0.5) is 0 Å². The van der Waals surface area contributed by atoms with E-state index in [2.05, 4.69) is 24.2 Å². The van der Waals surface area contributed by atoms with E-state index < -0.39 is 0 Å². The number of hydrogen-bond donors (Lipinski definition) is 1. The highest BCUT2D eigenvalue weighted by molar-refractivity contribution is 5.75. The summed E-state index contributed by atoms with van der Waals surface area (Å²) in [7, 11) is 0. The third-order valence-corrected chi connectivity index (χ3v) is 2.77. The van der Waals surface area contributed by atoms with Gasteiger partial charge in [-0.3, -0.25) is 0 Å². The Morgan fingerprint density at radius 1 is 1.39 bits per heavy atom. The number of phenols is 1. The molecule has 0 radical (unpaired) electrons. The highest BCUT2D eigenvalue weighted by Gasteiger charge is 2.21. The molecule has 1 heterocycles. The average molecular weight is 249 g/mol. The summed E-state index contributed by atoms with van der Waals surface area (Å²) in [6.07, 6.45) is 0. The third-order valence-electron chi connectivity index (χ3n) is 2.77. The molecule has 2 rings (SSSR count). The van der Waals surface area contributed by atoms with Gasteiger partial charge in [0.2, 0.25) is 0 Å². The van der Waals surface area contributed by atoms with E-state index in [0.717, 1.165) is 11.0 Å². The lowest BCUT2D eigenvalue weighted by Gasteiger charge is -2.24. The van der Waals surface area contributed by atoms with Crippen LogP contribution in [0.2, 0.25) is 0 Å². The van der Waals surface area contributed by atoms with Crippen molar-refractivity contribution in [2.24, 2.45) is 5.41 Å². The van der Waals surface area contributed by atoms with Crippen LogP contribution in [0.5, 0.6) is 5.75 Å². The molecule has 5 nitrogen and oxygen atoms in total. The Kier molecular flexibility index (Phi) is 3.52. The molecular weight excluding hydrogens is 230 g/mol. The summed E-state index contributed by atoms with van der Waals surface area (Å²) in [5.41, 5.74) is 1.61. The molecular formula is C13H19N3O2. The minimum Gasteiger partial charge on any atom is -0.508 e. The molecule has 0 spiro atoms. The lowest BCUT2D eigenvalue weighted by molar-refractivity contribution is 0.0594. The highest BCUT2D eigenvalue weighted by Crippen LogP contribution is 2.23. The van der Waals surface area contributed by atoms with Crippen LogP contribution in [-0.4, -0.2) is 33.3 Å². The fraction of sp³-hybridized carbons (Fsp3) is 0.538. The van der Waals surface area contributed by atoms with Gasteiger partial charge in [-0.2, -0.15) is 0 Å². The lowest BCUT2D eigenvalue weighted by Crippen LogP contribution is -2.26. The zero-order valence-corrected chi connectivity index (χ0v) is 11.1. The second-order valence-corrected chi connectivity index (χ2v) is 5.22. The Morgan fingerprint density at radius 2 is 2.17 bits per heavy atom. The zero-order chi connectivity index (χ0) is 13.2. The van der Waals surface area contributed by atoms with Crippen molar-refractivity contribution in [1.82, 2.24) is 15.0 Å². The molecule has 2 aromatic rings. The van der Waals surface area contributed by atoms with E-state index in [9.17, 15) is 5.11 Å². The number of aromatic nitrogens is 3. The van der Waals surface area contributed by atoms with Crippen LogP contribution in [0.3, 0.4) is 0 Å². The Labute approximate surface area is 106 Å². The van der Waals surface area contributed by atoms with Gasteiger partial charge in [-0.05, 0) is 19.1 Å². The molecule has 0 bridgehead atoms. The number of hydrogen-bond acceptors (Lipinski definition) is 4. The van der Waals surface area contributed by atoms with Gasteiger partial charge in [-0.25, -0.2) is 4.68 Å². The zero-order valence-electron chi connectivity index (χ0n) is 11.1. The van der Waals surface area contributed by atoms with Crippen LogP contribution in [-0.2, 0) is 11.3 Å². The van der Waals surface area contributed by atoms with Crippen LogP contribution in [0.25, 0.3) is 11.0 Å². The molecule has 0 fully saturated rings. The number of phenolic OH excluding ortho intramolecular Hbond substituents is 1. The van der Waals surface area contributed by atoms with Crippen molar-refractivity contribution >= 4 is 11.0 Å². The van der Waals surface area contributed by atoms with Gasteiger partial charge in [0, 0.05) is 18.1 Å². The molecule has 0 amide bonds. The van der Waals surface area contributed by atoms with Crippen molar-refractivity contribution < 1.29 is 9.84 Å². The van der Waals surface area contributed by atoms with E-state index in [-0.39, 0.29) is 11.2 Å². The summed E-state index contributed by atoms with van der Waals surface area (Å²) in [5, 5.41) is 17.7. The molecule has 5 heteroatoms. The SMILES string of the molecule is CCOCC(C)(C)Cn1nnc2ccc(O)cc21. The molecule has 0 aliphatic rings. The molecule has 1 aromatic heterocycles. The van der Waals surface area contributed by atoms with Crippen LogP contribution in [0, 0.1) is 5.41 Å². The Morgan fingerprint density at radius 3 is 2.89 bits per heavy atom. The number of fused-ring (bicyclic) bond motifs is 1. The minimum atomic E-state index is -0.0257. The summed E-state index contributed by atoms with van der Waals surface area (Å²) in [4.78, 5) is 0. The van der Waals surface area contributed by atoms with Crippen molar-refractivity contribution in [2.75, 3.05) is 13.2 Å². The minimum absolute atomic E-state index is 0.0257. The first-order valence-corrected chi connectivity index (χ1v) is 6.12. The van der Waals surface area contributed by atoms with Gasteiger partial charge >= 0.3 is 0 Å². The van der Waals surface area contributed by atoms with E-state index in [4.69, 9.17) is 4.74 Å². The molecule has 98 valence electrons. The molecule has 0 unspecified atom stereocenters. The monoisotopic (exact) mass is 249 g/mol. The first kappa shape index (κ1) is 12.8. The van der Waals surface area contributed by atoms with Crippen molar-refractivity contribution in [2.45, 2.75) is 27.3 Å². The van der Waals surface area contributed by atoms with Gasteiger partial charge in [0.1, 0.15) is 11.3 Å². The molecule has 0 saturated carbocycles. The fourth-order valence-corrected chi connectivity index (χ4v) is 1.90. The van der Waals surface area contributed by atoms with Crippen molar-refractivity contribution in [3.05, 3.63) is 18.2 Å². The average Bonchev–Trinajstić information content (AvgIpc) is 2.69. The molecule has 1 N–H and O–H groups in total. The Bertz CT molecular complexity index is 534. The first-order chi connectivity index (χ1) is 8.52. The maximum Gasteiger partial charge on any atom is 0.117 e. The molecule has 0 atom stereocenters. The van der Waals surface area contributed by atoms with Crippen molar-refractivity contribution in [3.63, 3.8) is 0 Å². The summed E-state index contributed by atoms with van der Waals surface area (Å²) >= 11 is 0. The second-order valence-electron chi connectivity index (χ2n) is 5.22. The van der Waals surface area contributed by atoms with E-state index in [0.29, 0.717) is 19.8 Å². The maximum absolute atomic E-state index is 9.52.